The molecule has 0 aliphatic heterocycles. The summed E-state index contributed by atoms with van der Waals surface area (Å²) in [6, 6.07) is 13.9. The smallest absolute Gasteiger partial charge is 0.355 e. The van der Waals surface area contributed by atoms with Crippen LogP contribution in [0, 0.1) is 0 Å². The highest BCUT2D eigenvalue weighted by atomic mass is 35.5. The molecule has 0 saturated carbocycles. The first-order valence-electron chi connectivity index (χ1n) is 7.27. The summed E-state index contributed by atoms with van der Waals surface area (Å²) < 4.78 is 11.3. The summed E-state index contributed by atoms with van der Waals surface area (Å²) in [6.07, 6.45) is 0. The van der Waals surface area contributed by atoms with Gasteiger partial charge in [0, 0.05) is 10.1 Å². The molecule has 3 aromatic rings. The Kier molecular flexibility index (Phi) is 4.83. The number of benzene rings is 2. The molecule has 0 atom stereocenters. The fraction of sp³-hybridized carbons (Fsp3) is 0.111. The van der Waals surface area contributed by atoms with Crippen molar-refractivity contribution >= 4 is 45.0 Å². The van der Waals surface area contributed by atoms with Crippen molar-refractivity contribution in [2.45, 2.75) is 6.92 Å². The van der Waals surface area contributed by atoms with E-state index in [9.17, 15) is 9.59 Å². The third-order valence-corrected chi connectivity index (χ3v) is 4.96. The average Bonchev–Trinajstić information content (AvgIpc) is 2.93. The monoisotopic (exact) mass is 360 g/mol. The van der Waals surface area contributed by atoms with Crippen molar-refractivity contribution in [1.82, 2.24) is 0 Å². The lowest BCUT2D eigenvalue weighted by Crippen LogP contribution is -2.12. The van der Waals surface area contributed by atoms with Gasteiger partial charge in [-0.1, -0.05) is 41.9 Å². The van der Waals surface area contributed by atoms with Gasteiger partial charge in [0.2, 0.25) is 0 Å². The fourth-order valence-electron chi connectivity index (χ4n) is 2.22. The van der Waals surface area contributed by atoms with E-state index in [1.807, 2.05) is 24.3 Å². The van der Waals surface area contributed by atoms with Crippen LogP contribution in [0.15, 0.2) is 48.5 Å². The summed E-state index contributed by atoms with van der Waals surface area (Å²) in [7, 11) is 0. The van der Waals surface area contributed by atoms with Gasteiger partial charge in [0.15, 0.2) is 0 Å². The third-order valence-electron chi connectivity index (χ3n) is 3.31. The zero-order valence-corrected chi connectivity index (χ0v) is 14.3. The fourth-order valence-corrected chi connectivity index (χ4v) is 3.61. The number of halogens is 1. The molecule has 0 aliphatic rings. The lowest BCUT2D eigenvalue weighted by molar-refractivity contribution is 0.0520. The van der Waals surface area contributed by atoms with Gasteiger partial charge in [0.1, 0.15) is 16.2 Å². The molecule has 24 heavy (non-hydrogen) atoms. The van der Waals surface area contributed by atoms with Gasteiger partial charge in [-0.2, -0.15) is 0 Å². The zero-order chi connectivity index (χ0) is 17.1. The number of hydrogen-bond acceptors (Lipinski definition) is 5. The first kappa shape index (κ1) is 16.5. The van der Waals surface area contributed by atoms with Gasteiger partial charge < -0.3 is 9.47 Å². The van der Waals surface area contributed by atoms with E-state index in [4.69, 9.17) is 21.1 Å². The number of ether oxygens (including phenoxy) is 2. The highest BCUT2D eigenvalue weighted by Gasteiger charge is 2.21. The topological polar surface area (TPSA) is 52.6 Å². The first-order valence-corrected chi connectivity index (χ1v) is 8.46. The van der Waals surface area contributed by atoms with E-state index in [2.05, 4.69) is 0 Å². The Hall–Kier alpha value is -2.37. The summed E-state index contributed by atoms with van der Waals surface area (Å²) in [4.78, 5) is 24.7. The van der Waals surface area contributed by atoms with Gasteiger partial charge in [-0.15, -0.1) is 11.3 Å². The molecule has 0 fully saturated rings. The van der Waals surface area contributed by atoms with Crippen molar-refractivity contribution < 1.29 is 19.1 Å². The maximum Gasteiger partial charge on any atom is 0.355 e. The second kappa shape index (κ2) is 7.03. The number of fused-ring (bicyclic) bond motifs is 1. The molecule has 0 aliphatic carbocycles. The highest BCUT2D eigenvalue weighted by molar-refractivity contribution is 7.21. The van der Waals surface area contributed by atoms with Crippen molar-refractivity contribution in [1.29, 1.82) is 0 Å². The Bertz CT molecular complexity index is 916. The summed E-state index contributed by atoms with van der Waals surface area (Å²) >= 11 is 7.54. The molecule has 0 unspecified atom stereocenters. The quantitative estimate of drug-likeness (QED) is 0.488. The second-order valence-electron chi connectivity index (χ2n) is 4.85. The number of esters is 2. The molecule has 4 nitrogen and oxygen atoms in total. The SMILES string of the molecule is CCOC(=O)c1ccccc1OC(=O)c1sc2ccccc2c1Cl. The maximum absolute atomic E-state index is 12.5. The number of carbonyl (C=O) groups excluding carboxylic acids is 2. The molecule has 6 heteroatoms. The normalized spacial score (nSPS) is 10.6. The Morgan fingerprint density at radius 3 is 2.50 bits per heavy atom. The lowest BCUT2D eigenvalue weighted by atomic mass is 10.2. The number of thiophene rings is 1. The Labute approximate surface area is 147 Å². The van der Waals surface area contributed by atoms with Crippen molar-refractivity contribution in [3.8, 4) is 5.75 Å². The van der Waals surface area contributed by atoms with Crippen LogP contribution in [-0.2, 0) is 4.74 Å². The molecule has 0 radical (unpaired) electrons. The van der Waals surface area contributed by atoms with Crippen LogP contribution in [0.3, 0.4) is 0 Å². The third kappa shape index (κ3) is 3.13. The number of rotatable bonds is 4. The minimum atomic E-state index is -0.599. The molecule has 0 N–H and O–H groups in total. The van der Waals surface area contributed by atoms with Crippen LogP contribution >= 0.6 is 22.9 Å². The van der Waals surface area contributed by atoms with E-state index in [0.29, 0.717) is 9.90 Å². The van der Waals surface area contributed by atoms with Crippen LogP contribution in [0.5, 0.6) is 5.75 Å². The van der Waals surface area contributed by atoms with Gasteiger partial charge >= 0.3 is 11.9 Å². The standard InChI is InChI=1S/C18H13ClO4S/c1-2-22-17(20)11-7-3-5-9-13(11)23-18(21)16-15(19)12-8-4-6-10-14(12)24-16/h3-10H,2H2,1H3. The molecule has 0 amide bonds. The summed E-state index contributed by atoms with van der Waals surface area (Å²) in [5.41, 5.74) is 0.199. The number of carbonyl (C=O) groups is 2. The average molecular weight is 361 g/mol. The molecule has 0 spiro atoms. The minimum absolute atomic E-state index is 0.148. The minimum Gasteiger partial charge on any atom is -0.462 e. The molecule has 0 saturated heterocycles. The van der Waals surface area contributed by atoms with Gasteiger partial charge in [0.05, 0.1) is 11.6 Å². The van der Waals surface area contributed by atoms with Crippen molar-refractivity contribution in [2.24, 2.45) is 0 Å². The molecule has 122 valence electrons. The van der Waals surface area contributed by atoms with Crippen LogP contribution in [-0.4, -0.2) is 18.5 Å². The van der Waals surface area contributed by atoms with E-state index in [1.165, 1.54) is 11.3 Å². The Morgan fingerprint density at radius 1 is 1.04 bits per heavy atom. The van der Waals surface area contributed by atoms with Crippen molar-refractivity contribution in [2.75, 3.05) is 6.61 Å². The van der Waals surface area contributed by atoms with E-state index in [-0.39, 0.29) is 17.9 Å². The maximum atomic E-state index is 12.5. The summed E-state index contributed by atoms with van der Waals surface area (Å²) in [6.45, 7) is 1.95. The van der Waals surface area contributed by atoms with Crippen LogP contribution in [0.2, 0.25) is 5.02 Å². The molecular weight excluding hydrogens is 348 g/mol. The highest BCUT2D eigenvalue weighted by Crippen LogP contribution is 2.36. The number of hydrogen-bond donors (Lipinski definition) is 0. The van der Waals surface area contributed by atoms with Gasteiger partial charge in [-0.3, -0.25) is 0 Å². The lowest BCUT2D eigenvalue weighted by Gasteiger charge is -2.08. The van der Waals surface area contributed by atoms with Crippen LogP contribution in [0.1, 0.15) is 27.0 Å². The molecule has 1 heterocycles. The Balaban J connectivity index is 1.92. The van der Waals surface area contributed by atoms with Crippen LogP contribution < -0.4 is 4.74 Å². The predicted molar refractivity (Wildman–Crippen MR) is 94.2 cm³/mol. The van der Waals surface area contributed by atoms with Crippen molar-refractivity contribution in [3.63, 3.8) is 0 Å². The molecule has 2 aromatic carbocycles. The summed E-state index contributed by atoms with van der Waals surface area (Å²) in [5.74, 6) is -0.990. The van der Waals surface area contributed by atoms with Crippen molar-refractivity contribution in [3.05, 3.63) is 64.0 Å². The van der Waals surface area contributed by atoms with Gasteiger partial charge in [-0.25, -0.2) is 9.59 Å². The van der Waals surface area contributed by atoms with Gasteiger partial charge in [-0.05, 0) is 25.1 Å². The Morgan fingerprint density at radius 2 is 1.75 bits per heavy atom. The molecule has 1 aromatic heterocycles. The number of para-hydroxylation sites is 1. The largest absolute Gasteiger partial charge is 0.462 e. The van der Waals surface area contributed by atoms with E-state index in [0.717, 1.165) is 10.1 Å². The van der Waals surface area contributed by atoms with E-state index >= 15 is 0 Å². The molecular formula is C18H13ClO4S. The summed E-state index contributed by atoms with van der Waals surface area (Å²) in [5, 5.41) is 1.16. The zero-order valence-electron chi connectivity index (χ0n) is 12.7. The van der Waals surface area contributed by atoms with Gasteiger partial charge in [0.25, 0.3) is 0 Å². The predicted octanol–water partition coefficient (Wildman–Crippen LogP) is 4.95. The molecule has 3 rings (SSSR count). The first-order chi connectivity index (χ1) is 11.6. The van der Waals surface area contributed by atoms with E-state index in [1.54, 1.807) is 31.2 Å². The second-order valence-corrected chi connectivity index (χ2v) is 6.28. The molecule has 0 bridgehead atoms. The van der Waals surface area contributed by atoms with Crippen LogP contribution in [0.4, 0.5) is 0 Å². The van der Waals surface area contributed by atoms with E-state index < -0.39 is 11.9 Å². The van der Waals surface area contributed by atoms with Crippen LogP contribution in [0.25, 0.3) is 10.1 Å².